The van der Waals surface area contributed by atoms with Gasteiger partial charge in [0.15, 0.2) is 5.13 Å². The number of rotatable bonds is 7. The zero-order valence-electron chi connectivity index (χ0n) is 15.0. The van der Waals surface area contributed by atoms with Gasteiger partial charge >= 0.3 is 0 Å². The number of carbonyl (C=O) groups is 1. The molecule has 1 amide bonds. The van der Waals surface area contributed by atoms with Gasteiger partial charge in [0.25, 0.3) is 0 Å². The number of benzene rings is 1. The zero-order valence-corrected chi connectivity index (χ0v) is 16.7. The van der Waals surface area contributed by atoms with Gasteiger partial charge in [-0.2, -0.15) is 0 Å². The van der Waals surface area contributed by atoms with Crippen LogP contribution < -0.4 is 5.32 Å². The summed E-state index contributed by atoms with van der Waals surface area (Å²) in [5.41, 5.74) is 5.19. The largest absolute Gasteiger partial charge is 0.361 e. The lowest BCUT2D eigenvalue weighted by Gasteiger charge is -2.02. The lowest BCUT2D eigenvalue weighted by molar-refractivity contribution is -0.113. The van der Waals surface area contributed by atoms with E-state index in [1.165, 1.54) is 28.7 Å². The molecule has 0 spiro atoms. The van der Waals surface area contributed by atoms with E-state index < -0.39 is 0 Å². The first-order chi connectivity index (χ1) is 12.6. The summed E-state index contributed by atoms with van der Waals surface area (Å²) in [6.45, 7) is 5.94. The van der Waals surface area contributed by atoms with Crippen molar-refractivity contribution in [1.29, 1.82) is 0 Å². The Labute approximate surface area is 161 Å². The highest BCUT2D eigenvalue weighted by atomic mass is 32.2. The Balaban J connectivity index is 1.52. The molecular formula is C19H21N3O2S2. The standard InChI is InChI=1S/C19H21N3O2S2/c1-4-14-5-7-15(8-6-14)17-10-26-19(20-17)21-18(23)11-25-9-16-12(2)22-24-13(16)3/h5-8,10H,4,9,11H2,1-3H3,(H,20,21,23). The Hall–Kier alpha value is -2.12. The first-order valence-electron chi connectivity index (χ1n) is 8.41. The SMILES string of the molecule is CCc1ccc(-c2csc(NC(=O)CSCc3c(C)noc3C)n2)cc1. The van der Waals surface area contributed by atoms with E-state index in [4.69, 9.17) is 4.52 Å². The molecule has 0 aliphatic heterocycles. The number of aromatic nitrogens is 2. The summed E-state index contributed by atoms with van der Waals surface area (Å²) in [5, 5.41) is 9.39. The molecule has 0 saturated heterocycles. The molecule has 0 saturated carbocycles. The molecule has 0 radical (unpaired) electrons. The molecule has 3 aromatic rings. The van der Waals surface area contributed by atoms with Crippen LogP contribution in [0.2, 0.25) is 0 Å². The fourth-order valence-corrected chi connectivity index (χ4v) is 4.20. The van der Waals surface area contributed by atoms with Crippen LogP contribution in [0.15, 0.2) is 34.2 Å². The molecule has 26 heavy (non-hydrogen) atoms. The highest BCUT2D eigenvalue weighted by Crippen LogP contribution is 2.26. The topological polar surface area (TPSA) is 68.0 Å². The minimum atomic E-state index is -0.0519. The van der Waals surface area contributed by atoms with Crippen molar-refractivity contribution in [3.8, 4) is 11.3 Å². The van der Waals surface area contributed by atoms with Gasteiger partial charge in [-0.1, -0.05) is 36.3 Å². The minimum absolute atomic E-state index is 0.0519. The van der Waals surface area contributed by atoms with E-state index in [0.29, 0.717) is 16.6 Å². The average molecular weight is 388 g/mol. The molecule has 5 nitrogen and oxygen atoms in total. The first-order valence-corrected chi connectivity index (χ1v) is 10.4. The Bertz CT molecular complexity index is 865. The molecule has 3 rings (SSSR count). The summed E-state index contributed by atoms with van der Waals surface area (Å²) in [6.07, 6.45) is 1.02. The molecule has 0 bridgehead atoms. The van der Waals surface area contributed by atoms with Crippen LogP contribution in [0, 0.1) is 13.8 Å². The number of thioether (sulfide) groups is 1. The normalized spacial score (nSPS) is 10.9. The van der Waals surface area contributed by atoms with E-state index in [9.17, 15) is 4.79 Å². The van der Waals surface area contributed by atoms with Crippen LogP contribution in [0.1, 0.15) is 29.5 Å². The van der Waals surface area contributed by atoms with Crippen LogP contribution in [0.25, 0.3) is 11.3 Å². The van der Waals surface area contributed by atoms with Crippen LogP contribution in [0.5, 0.6) is 0 Å². The fraction of sp³-hybridized carbons (Fsp3) is 0.316. The Morgan fingerprint density at radius 3 is 2.69 bits per heavy atom. The summed E-state index contributed by atoms with van der Waals surface area (Å²) in [5.74, 6) is 1.84. The molecule has 1 N–H and O–H groups in total. The number of anilines is 1. The first kappa shape index (κ1) is 18.7. The number of thiazole rings is 1. The Morgan fingerprint density at radius 2 is 2.04 bits per heavy atom. The third-order valence-electron chi connectivity index (χ3n) is 4.07. The lowest BCUT2D eigenvalue weighted by atomic mass is 10.1. The van der Waals surface area contributed by atoms with Gasteiger partial charge in [0.05, 0.1) is 17.1 Å². The van der Waals surface area contributed by atoms with E-state index in [1.807, 2.05) is 19.2 Å². The maximum absolute atomic E-state index is 12.1. The van der Waals surface area contributed by atoms with Crippen LogP contribution in [0.3, 0.4) is 0 Å². The number of carbonyl (C=O) groups excluding carboxylic acids is 1. The quantitative estimate of drug-likeness (QED) is 0.628. The van der Waals surface area contributed by atoms with E-state index in [0.717, 1.165) is 34.7 Å². The van der Waals surface area contributed by atoms with E-state index in [1.54, 1.807) is 0 Å². The molecule has 2 heterocycles. The number of amides is 1. The second kappa shape index (κ2) is 8.51. The minimum Gasteiger partial charge on any atom is -0.361 e. The molecule has 1 aromatic carbocycles. The number of hydrogen-bond donors (Lipinski definition) is 1. The van der Waals surface area contributed by atoms with Crippen LogP contribution in [-0.4, -0.2) is 21.8 Å². The van der Waals surface area contributed by atoms with Gasteiger partial charge in [-0.15, -0.1) is 23.1 Å². The van der Waals surface area contributed by atoms with Gasteiger partial charge in [0.1, 0.15) is 5.76 Å². The summed E-state index contributed by atoms with van der Waals surface area (Å²) < 4.78 is 5.14. The molecule has 0 aliphatic rings. The molecule has 0 fully saturated rings. The smallest absolute Gasteiger partial charge is 0.236 e. The third-order valence-corrected chi connectivity index (χ3v) is 5.79. The second-order valence-electron chi connectivity index (χ2n) is 5.93. The number of nitrogens with one attached hydrogen (secondary N) is 1. The molecule has 0 unspecified atom stereocenters. The van der Waals surface area contributed by atoms with Gasteiger partial charge < -0.3 is 9.84 Å². The molecule has 0 atom stereocenters. The highest BCUT2D eigenvalue weighted by molar-refractivity contribution is 7.99. The predicted octanol–water partition coefficient (Wildman–Crippen LogP) is 4.85. The van der Waals surface area contributed by atoms with Gasteiger partial charge in [-0.25, -0.2) is 4.98 Å². The zero-order chi connectivity index (χ0) is 18.5. The maximum Gasteiger partial charge on any atom is 0.236 e. The van der Waals surface area contributed by atoms with E-state index in [-0.39, 0.29) is 5.91 Å². The van der Waals surface area contributed by atoms with Crippen molar-refractivity contribution in [2.75, 3.05) is 11.1 Å². The molecule has 0 aliphatic carbocycles. The maximum atomic E-state index is 12.1. The van der Waals surface area contributed by atoms with Crippen molar-refractivity contribution < 1.29 is 9.32 Å². The molecular weight excluding hydrogens is 366 g/mol. The van der Waals surface area contributed by atoms with Crippen molar-refractivity contribution in [3.05, 3.63) is 52.2 Å². The van der Waals surface area contributed by atoms with Crippen molar-refractivity contribution in [2.24, 2.45) is 0 Å². The van der Waals surface area contributed by atoms with Gasteiger partial charge in [0.2, 0.25) is 5.91 Å². The van der Waals surface area contributed by atoms with Gasteiger partial charge in [0, 0.05) is 22.3 Å². The summed E-state index contributed by atoms with van der Waals surface area (Å²) in [6, 6.07) is 8.36. The molecule has 7 heteroatoms. The van der Waals surface area contributed by atoms with Crippen molar-refractivity contribution in [2.45, 2.75) is 32.9 Å². The lowest BCUT2D eigenvalue weighted by Crippen LogP contribution is -2.14. The monoisotopic (exact) mass is 387 g/mol. The Morgan fingerprint density at radius 1 is 1.27 bits per heavy atom. The van der Waals surface area contributed by atoms with Gasteiger partial charge in [-0.3, -0.25) is 4.79 Å². The highest BCUT2D eigenvalue weighted by Gasteiger charge is 2.11. The number of aryl methyl sites for hydroxylation is 3. The summed E-state index contributed by atoms with van der Waals surface area (Å²) in [7, 11) is 0. The van der Waals surface area contributed by atoms with Crippen molar-refractivity contribution in [3.63, 3.8) is 0 Å². The summed E-state index contributed by atoms with van der Waals surface area (Å²) in [4.78, 5) is 16.7. The van der Waals surface area contributed by atoms with Crippen molar-refractivity contribution >= 4 is 34.1 Å². The molecule has 136 valence electrons. The fourth-order valence-electron chi connectivity index (χ4n) is 2.48. The Kier molecular flexibility index (Phi) is 6.11. The number of nitrogens with zero attached hydrogens (tertiary/aromatic N) is 2. The predicted molar refractivity (Wildman–Crippen MR) is 108 cm³/mol. The van der Waals surface area contributed by atoms with E-state index in [2.05, 4.69) is 46.6 Å². The van der Waals surface area contributed by atoms with Crippen LogP contribution >= 0.6 is 23.1 Å². The second-order valence-corrected chi connectivity index (χ2v) is 7.78. The average Bonchev–Trinajstić information content (AvgIpc) is 3.23. The third kappa shape index (κ3) is 4.53. The van der Waals surface area contributed by atoms with E-state index >= 15 is 0 Å². The van der Waals surface area contributed by atoms with Crippen LogP contribution in [0.4, 0.5) is 5.13 Å². The van der Waals surface area contributed by atoms with Crippen LogP contribution in [-0.2, 0) is 17.0 Å². The summed E-state index contributed by atoms with van der Waals surface area (Å²) >= 11 is 2.98. The van der Waals surface area contributed by atoms with Gasteiger partial charge in [-0.05, 0) is 25.8 Å². The van der Waals surface area contributed by atoms with Crippen molar-refractivity contribution in [1.82, 2.24) is 10.1 Å². The molecule has 2 aromatic heterocycles. The number of hydrogen-bond acceptors (Lipinski definition) is 6.